The van der Waals surface area contributed by atoms with Gasteiger partial charge in [0.15, 0.2) is 6.04 Å². The molecular weight excluding hydrogens is 678 g/mol. The van der Waals surface area contributed by atoms with Crippen molar-refractivity contribution >= 4 is 64.4 Å². The number of hydrogen-bond donors (Lipinski definition) is 2. The number of amides is 1. The Labute approximate surface area is 285 Å². The minimum atomic E-state index is -0.849. The Morgan fingerprint density at radius 2 is 1.16 bits per heavy atom. The Balaban J connectivity index is 0.000000863. The number of nitrogens with one attached hydrogen (secondary N) is 1. The van der Waals surface area contributed by atoms with Gasteiger partial charge in [0.05, 0.1) is 31.5 Å². The summed E-state index contributed by atoms with van der Waals surface area (Å²) in [5, 5.41) is 4.23. The molecule has 0 aliphatic carbocycles. The fraction of sp³-hybridized carbons (Fsp3) is 0.552. The Kier molecular flexibility index (Phi) is 17.9. The van der Waals surface area contributed by atoms with E-state index in [0.29, 0.717) is 31.5 Å². The molecule has 0 bridgehead atoms. The molecule has 15 heteroatoms. The molecular formula is C29H41Cl5N4O6. The van der Waals surface area contributed by atoms with Crippen LogP contribution in [0.3, 0.4) is 0 Å². The lowest BCUT2D eigenvalue weighted by Crippen LogP contribution is -3.00. The van der Waals surface area contributed by atoms with Crippen LogP contribution in [0.1, 0.15) is 85.5 Å². The molecule has 248 valence electrons. The number of pyridine rings is 2. The lowest BCUT2D eigenvalue weighted by Gasteiger charge is -2.24. The number of rotatable bonds is 9. The summed E-state index contributed by atoms with van der Waals surface area (Å²) in [6, 6.07) is 1.97. The van der Waals surface area contributed by atoms with Crippen LogP contribution in [0.2, 0.25) is 20.1 Å². The lowest BCUT2D eigenvalue weighted by atomic mass is 10.0. The van der Waals surface area contributed by atoms with Crippen LogP contribution >= 0.6 is 46.4 Å². The molecule has 0 radical (unpaired) electrons. The number of alkyl carbamates (subject to hydrolysis) is 1. The van der Waals surface area contributed by atoms with E-state index in [1.165, 1.54) is 19.3 Å². The van der Waals surface area contributed by atoms with Crippen LogP contribution in [0.15, 0.2) is 24.5 Å². The number of ether oxygens (including phenoxy) is 3. The van der Waals surface area contributed by atoms with Crippen LogP contribution in [-0.2, 0) is 23.8 Å². The normalized spacial score (nSPS) is 15.0. The highest BCUT2D eigenvalue weighted by Crippen LogP contribution is 2.29. The summed E-state index contributed by atoms with van der Waals surface area (Å²) in [4.78, 5) is 43.7. The Morgan fingerprint density at radius 1 is 0.773 bits per heavy atom. The van der Waals surface area contributed by atoms with Gasteiger partial charge in [0.2, 0.25) is 0 Å². The van der Waals surface area contributed by atoms with Crippen LogP contribution < -0.4 is 23.5 Å². The van der Waals surface area contributed by atoms with E-state index >= 15 is 0 Å². The summed E-state index contributed by atoms with van der Waals surface area (Å²) >= 11 is 23.8. The van der Waals surface area contributed by atoms with Crippen molar-refractivity contribution in [1.82, 2.24) is 15.3 Å². The molecule has 1 amide bonds. The van der Waals surface area contributed by atoms with E-state index in [0.717, 1.165) is 0 Å². The topological polar surface area (TPSA) is 144 Å². The van der Waals surface area contributed by atoms with Crippen molar-refractivity contribution in [3.05, 3.63) is 56.0 Å². The quantitative estimate of drug-likeness (QED) is 0.297. The zero-order chi connectivity index (χ0) is 33.2. The second kappa shape index (κ2) is 18.8. The van der Waals surface area contributed by atoms with Gasteiger partial charge >= 0.3 is 18.0 Å². The standard InChI is InChI=1S/C17H24Cl2N2O4.C12H16Cl2N2O2.ClH/c1-9(14-13(19)7-12(18)8-20-14)11(3)24-15(22)10(2)21-16(23)25-17(4,5)6;1-6(8(3)18-12(17)7(2)15)11-10(14)4-9(13)5-16-11;/h7-11H,1-6H3,(H,21,23);4-8H,15H2,1-3H3;1H/t9?,10-,11?;6?,7-,8?;/m00./s1. The van der Waals surface area contributed by atoms with Crippen LogP contribution in [0, 0.1) is 0 Å². The lowest BCUT2D eigenvalue weighted by molar-refractivity contribution is -0.403. The van der Waals surface area contributed by atoms with Crippen LogP contribution in [0.5, 0.6) is 0 Å². The van der Waals surface area contributed by atoms with Gasteiger partial charge in [0.25, 0.3) is 0 Å². The number of carbonyl (C=O) groups excluding carboxylic acids is 3. The molecule has 0 fully saturated rings. The number of quaternary nitrogens is 1. The number of carbonyl (C=O) groups is 3. The van der Waals surface area contributed by atoms with Crippen molar-refractivity contribution in [2.45, 2.75) is 104 Å². The Morgan fingerprint density at radius 3 is 1.50 bits per heavy atom. The molecule has 2 heterocycles. The van der Waals surface area contributed by atoms with Gasteiger partial charge in [0, 0.05) is 24.2 Å². The number of esters is 2. The number of hydrogen-bond acceptors (Lipinski definition) is 8. The molecule has 2 aromatic rings. The summed E-state index contributed by atoms with van der Waals surface area (Å²) in [5.41, 5.74) is 4.22. The average molecular weight is 719 g/mol. The fourth-order valence-electron chi connectivity index (χ4n) is 3.30. The molecule has 0 saturated heterocycles. The van der Waals surface area contributed by atoms with E-state index in [1.807, 2.05) is 13.8 Å². The number of halogens is 5. The van der Waals surface area contributed by atoms with E-state index < -0.39 is 35.9 Å². The molecule has 44 heavy (non-hydrogen) atoms. The first-order valence-electron chi connectivity index (χ1n) is 13.6. The minimum absolute atomic E-state index is 0. The molecule has 4 unspecified atom stereocenters. The third-order valence-electron chi connectivity index (χ3n) is 6.04. The predicted octanol–water partition coefficient (Wildman–Crippen LogP) is 3.39. The van der Waals surface area contributed by atoms with E-state index in [9.17, 15) is 14.4 Å². The second-order valence-electron chi connectivity index (χ2n) is 11.2. The average Bonchev–Trinajstić information content (AvgIpc) is 2.86. The van der Waals surface area contributed by atoms with Crippen molar-refractivity contribution < 1.29 is 46.7 Å². The van der Waals surface area contributed by atoms with Crippen molar-refractivity contribution in [1.29, 1.82) is 0 Å². The highest BCUT2D eigenvalue weighted by atomic mass is 35.5. The van der Waals surface area contributed by atoms with Gasteiger partial charge in [-0.05, 0) is 60.6 Å². The summed E-state index contributed by atoms with van der Waals surface area (Å²) in [6.07, 6.45) is 1.51. The maximum Gasteiger partial charge on any atom is 0.408 e. The van der Waals surface area contributed by atoms with Crippen LogP contribution in [0.4, 0.5) is 4.79 Å². The first-order chi connectivity index (χ1) is 19.7. The zero-order valence-corrected chi connectivity index (χ0v) is 30.0. The van der Waals surface area contributed by atoms with E-state index in [-0.39, 0.29) is 36.3 Å². The third kappa shape index (κ3) is 14.3. The molecule has 4 N–H and O–H groups in total. The van der Waals surface area contributed by atoms with E-state index in [4.69, 9.17) is 60.6 Å². The third-order valence-corrected chi connectivity index (χ3v) is 7.06. The molecule has 2 rings (SSSR count). The molecule has 0 saturated carbocycles. The summed E-state index contributed by atoms with van der Waals surface area (Å²) in [5.74, 6) is -1.27. The van der Waals surface area contributed by atoms with Crippen molar-refractivity contribution in [2.75, 3.05) is 0 Å². The highest BCUT2D eigenvalue weighted by molar-refractivity contribution is 6.35. The van der Waals surface area contributed by atoms with Crippen molar-refractivity contribution in [3.63, 3.8) is 0 Å². The van der Waals surface area contributed by atoms with Crippen LogP contribution in [-0.4, -0.2) is 57.9 Å². The van der Waals surface area contributed by atoms with Crippen LogP contribution in [0.25, 0.3) is 0 Å². The number of aromatic nitrogens is 2. The molecule has 0 aliphatic rings. The molecule has 2 aromatic heterocycles. The maximum absolute atomic E-state index is 12.2. The van der Waals surface area contributed by atoms with Crippen molar-refractivity contribution in [2.24, 2.45) is 0 Å². The van der Waals surface area contributed by atoms with Crippen molar-refractivity contribution in [3.8, 4) is 0 Å². The first kappa shape index (κ1) is 41.9. The molecule has 0 aromatic carbocycles. The highest BCUT2D eigenvalue weighted by Gasteiger charge is 2.27. The summed E-state index contributed by atoms with van der Waals surface area (Å²) in [6.45, 7) is 15.7. The molecule has 0 aliphatic heterocycles. The Bertz CT molecular complexity index is 1260. The van der Waals surface area contributed by atoms with Gasteiger partial charge in [-0.1, -0.05) is 60.3 Å². The largest absolute Gasteiger partial charge is 1.00 e. The molecule has 6 atom stereocenters. The summed E-state index contributed by atoms with van der Waals surface area (Å²) in [7, 11) is 0. The second-order valence-corrected chi connectivity index (χ2v) is 12.9. The van der Waals surface area contributed by atoms with Gasteiger partial charge < -0.3 is 37.7 Å². The smallest absolute Gasteiger partial charge is 0.408 e. The molecule has 0 spiro atoms. The maximum atomic E-state index is 12.2. The van der Waals surface area contributed by atoms with Gasteiger partial charge in [0.1, 0.15) is 23.9 Å². The predicted molar refractivity (Wildman–Crippen MR) is 168 cm³/mol. The first-order valence-corrected chi connectivity index (χ1v) is 15.1. The van der Waals surface area contributed by atoms with Gasteiger partial charge in [-0.3, -0.25) is 9.97 Å². The fourth-order valence-corrected chi connectivity index (χ4v) is 4.40. The molecule has 10 nitrogen and oxygen atoms in total. The van der Waals surface area contributed by atoms with Gasteiger partial charge in [-0.15, -0.1) is 0 Å². The van der Waals surface area contributed by atoms with E-state index in [1.54, 1.807) is 53.7 Å². The monoisotopic (exact) mass is 716 g/mol. The summed E-state index contributed by atoms with van der Waals surface area (Å²) < 4.78 is 15.8. The van der Waals surface area contributed by atoms with Gasteiger partial charge in [-0.25, -0.2) is 14.4 Å². The minimum Gasteiger partial charge on any atom is -1.00 e. The Hall–Kier alpha value is -2.08. The number of nitrogens with zero attached hydrogens (tertiary/aromatic N) is 2. The SMILES string of the molecule is CC(OC(=O)[C@H](C)NC(=O)OC(C)(C)C)C(C)c1ncc(Cl)cc1Cl.CC(OC(=O)[C@H](C)[NH3+])C(C)c1ncc(Cl)cc1Cl.[Cl-]. The zero-order valence-electron chi connectivity index (χ0n) is 26.2. The van der Waals surface area contributed by atoms with Gasteiger partial charge in [-0.2, -0.15) is 0 Å². The van der Waals surface area contributed by atoms with E-state index in [2.05, 4.69) is 21.0 Å².